The van der Waals surface area contributed by atoms with Gasteiger partial charge < -0.3 is 4.74 Å². The van der Waals surface area contributed by atoms with Crippen LogP contribution in [0.4, 0.5) is 0 Å². The van der Waals surface area contributed by atoms with Crippen molar-refractivity contribution in [2.45, 2.75) is 37.5 Å². The summed E-state index contributed by atoms with van der Waals surface area (Å²) in [5.74, 6) is 0.844. The summed E-state index contributed by atoms with van der Waals surface area (Å²) < 4.78 is 33.2. The second-order valence-corrected chi connectivity index (χ2v) is 8.41. The molecule has 3 rings (SSSR count). The minimum atomic E-state index is -3.37. The Morgan fingerprint density at radius 1 is 1.00 bits per heavy atom. The van der Waals surface area contributed by atoms with Crippen molar-refractivity contribution >= 4 is 10.0 Å². The van der Waals surface area contributed by atoms with Crippen molar-refractivity contribution in [1.82, 2.24) is 4.31 Å². The number of benzene rings is 2. The van der Waals surface area contributed by atoms with E-state index in [0.29, 0.717) is 6.54 Å². The van der Waals surface area contributed by atoms with Crippen molar-refractivity contribution in [3.8, 4) is 5.75 Å². The highest BCUT2D eigenvalue weighted by Crippen LogP contribution is 2.34. The van der Waals surface area contributed by atoms with E-state index < -0.39 is 10.0 Å². The van der Waals surface area contributed by atoms with E-state index in [1.807, 2.05) is 54.6 Å². The predicted octanol–water partition coefficient (Wildman–Crippen LogP) is 4.14. The van der Waals surface area contributed by atoms with Crippen molar-refractivity contribution < 1.29 is 13.2 Å². The Balaban J connectivity index is 1.89. The first-order valence-electron chi connectivity index (χ1n) is 8.77. The minimum Gasteiger partial charge on any atom is -0.497 e. The van der Waals surface area contributed by atoms with Gasteiger partial charge in [0.25, 0.3) is 0 Å². The molecular weight excluding hydrogens is 334 g/mol. The van der Waals surface area contributed by atoms with E-state index in [2.05, 4.69) is 0 Å². The summed E-state index contributed by atoms with van der Waals surface area (Å²) in [6.45, 7) is 0.589. The summed E-state index contributed by atoms with van der Waals surface area (Å²) in [4.78, 5) is 0. The van der Waals surface area contributed by atoms with Gasteiger partial charge in [-0.25, -0.2) is 8.42 Å². The molecule has 0 unspecified atom stereocenters. The summed E-state index contributed by atoms with van der Waals surface area (Å²) in [5, 5.41) is 0. The van der Waals surface area contributed by atoms with Gasteiger partial charge in [0.1, 0.15) is 5.75 Å². The molecule has 0 amide bonds. The maximum atomic E-state index is 13.1. The highest BCUT2D eigenvalue weighted by atomic mass is 32.2. The fourth-order valence-electron chi connectivity index (χ4n) is 3.44. The Morgan fingerprint density at radius 2 is 1.72 bits per heavy atom. The third-order valence-electron chi connectivity index (χ3n) is 4.75. The first kappa shape index (κ1) is 18.0. The second-order valence-electron chi connectivity index (χ2n) is 6.49. The zero-order chi connectivity index (χ0) is 17.7. The predicted molar refractivity (Wildman–Crippen MR) is 100.0 cm³/mol. The lowest BCUT2D eigenvalue weighted by Crippen LogP contribution is -2.35. The Bertz CT molecular complexity index is 772. The minimum absolute atomic E-state index is 0.0560. The smallest absolute Gasteiger partial charge is 0.218 e. The molecule has 1 aliphatic heterocycles. The third kappa shape index (κ3) is 4.41. The fourth-order valence-corrected chi connectivity index (χ4v) is 5.24. The summed E-state index contributed by atoms with van der Waals surface area (Å²) in [6, 6.07) is 17.1. The molecule has 4 nitrogen and oxygen atoms in total. The molecule has 0 saturated carbocycles. The molecule has 0 radical (unpaired) electrons. The third-order valence-corrected chi connectivity index (χ3v) is 6.60. The number of sulfonamides is 1. The summed E-state index contributed by atoms with van der Waals surface area (Å²) in [6.07, 6.45) is 3.90. The number of nitrogens with zero attached hydrogens (tertiary/aromatic N) is 1. The second kappa shape index (κ2) is 8.02. The van der Waals surface area contributed by atoms with Crippen molar-refractivity contribution in [2.24, 2.45) is 0 Å². The molecule has 1 fully saturated rings. The number of hydrogen-bond acceptors (Lipinski definition) is 3. The molecule has 25 heavy (non-hydrogen) atoms. The molecule has 2 aromatic carbocycles. The van der Waals surface area contributed by atoms with Crippen LogP contribution in [0.15, 0.2) is 54.6 Å². The van der Waals surface area contributed by atoms with E-state index in [-0.39, 0.29) is 11.8 Å². The fraction of sp³-hybridized carbons (Fsp3) is 0.400. The summed E-state index contributed by atoms with van der Waals surface area (Å²) >= 11 is 0. The van der Waals surface area contributed by atoms with E-state index in [1.54, 1.807) is 11.4 Å². The quantitative estimate of drug-likeness (QED) is 0.806. The van der Waals surface area contributed by atoms with Crippen LogP contribution in [0.1, 0.15) is 42.9 Å². The Morgan fingerprint density at radius 3 is 2.40 bits per heavy atom. The van der Waals surface area contributed by atoms with Crippen LogP contribution in [0.2, 0.25) is 0 Å². The zero-order valence-corrected chi connectivity index (χ0v) is 15.4. The van der Waals surface area contributed by atoms with Crippen LogP contribution in [-0.2, 0) is 15.8 Å². The standard InChI is InChI=1S/C20H25NO3S/c1-24-19-13-11-18(12-14-19)20-10-6-3-7-15-21(20)25(22,23)16-17-8-4-2-5-9-17/h2,4-5,8-9,11-14,20H,3,6-7,10,15-16H2,1H3/t20-/m0/s1. The maximum Gasteiger partial charge on any atom is 0.218 e. The first-order chi connectivity index (χ1) is 12.1. The zero-order valence-electron chi connectivity index (χ0n) is 14.6. The molecule has 5 heteroatoms. The van der Waals surface area contributed by atoms with Gasteiger partial charge in [-0.1, -0.05) is 55.3 Å². The SMILES string of the molecule is COc1ccc([C@@H]2CCCCCN2S(=O)(=O)Cc2ccccc2)cc1. The molecule has 0 bridgehead atoms. The lowest BCUT2D eigenvalue weighted by atomic mass is 10.0. The molecule has 1 atom stereocenters. The lowest BCUT2D eigenvalue weighted by Gasteiger charge is -2.29. The van der Waals surface area contributed by atoms with Crippen LogP contribution in [-0.4, -0.2) is 26.4 Å². The van der Waals surface area contributed by atoms with Gasteiger partial charge in [-0.3, -0.25) is 0 Å². The van der Waals surface area contributed by atoms with Crippen LogP contribution < -0.4 is 4.74 Å². The molecule has 0 aliphatic carbocycles. The molecule has 0 spiro atoms. The van der Waals surface area contributed by atoms with E-state index in [1.165, 1.54) is 0 Å². The van der Waals surface area contributed by atoms with Crippen LogP contribution >= 0.6 is 0 Å². The molecular formula is C20H25NO3S. The highest BCUT2D eigenvalue weighted by Gasteiger charge is 2.32. The van der Waals surface area contributed by atoms with Crippen molar-refractivity contribution in [3.63, 3.8) is 0 Å². The molecule has 1 heterocycles. The normalized spacial score (nSPS) is 19.3. The maximum absolute atomic E-state index is 13.1. The van der Waals surface area contributed by atoms with Crippen LogP contribution in [0.3, 0.4) is 0 Å². The van der Waals surface area contributed by atoms with Gasteiger partial charge in [-0.15, -0.1) is 0 Å². The monoisotopic (exact) mass is 359 g/mol. The molecule has 1 aliphatic rings. The van der Waals surface area contributed by atoms with Crippen molar-refractivity contribution in [3.05, 3.63) is 65.7 Å². The van der Waals surface area contributed by atoms with Crippen molar-refractivity contribution in [2.75, 3.05) is 13.7 Å². The van der Waals surface area contributed by atoms with Gasteiger partial charge in [-0.05, 0) is 36.1 Å². The van der Waals surface area contributed by atoms with E-state index in [4.69, 9.17) is 4.74 Å². The lowest BCUT2D eigenvalue weighted by molar-refractivity contribution is 0.328. The molecule has 0 N–H and O–H groups in total. The molecule has 134 valence electrons. The summed E-state index contributed by atoms with van der Waals surface area (Å²) in [7, 11) is -1.73. The largest absolute Gasteiger partial charge is 0.497 e. The van der Waals surface area contributed by atoms with Gasteiger partial charge in [0.2, 0.25) is 10.0 Å². The molecule has 0 aromatic heterocycles. The highest BCUT2D eigenvalue weighted by molar-refractivity contribution is 7.88. The Hall–Kier alpha value is -1.85. The van der Waals surface area contributed by atoms with Crippen LogP contribution in [0, 0.1) is 0 Å². The topological polar surface area (TPSA) is 46.6 Å². The Kier molecular flexibility index (Phi) is 5.76. The number of ether oxygens (including phenoxy) is 1. The average Bonchev–Trinajstić information content (AvgIpc) is 2.89. The van der Waals surface area contributed by atoms with Crippen LogP contribution in [0.5, 0.6) is 5.75 Å². The van der Waals surface area contributed by atoms with Gasteiger partial charge in [-0.2, -0.15) is 4.31 Å². The number of rotatable bonds is 5. The van der Waals surface area contributed by atoms with Gasteiger partial charge in [0, 0.05) is 12.6 Å². The van der Waals surface area contributed by atoms with Crippen molar-refractivity contribution in [1.29, 1.82) is 0 Å². The average molecular weight is 359 g/mol. The van der Waals surface area contributed by atoms with Gasteiger partial charge in [0.05, 0.1) is 12.9 Å². The van der Waals surface area contributed by atoms with E-state index in [9.17, 15) is 8.42 Å². The number of methoxy groups -OCH3 is 1. The van der Waals surface area contributed by atoms with E-state index >= 15 is 0 Å². The van der Waals surface area contributed by atoms with E-state index in [0.717, 1.165) is 42.6 Å². The molecule has 2 aromatic rings. The van der Waals surface area contributed by atoms with Crippen LogP contribution in [0.25, 0.3) is 0 Å². The van der Waals surface area contributed by atoms with Gasteiger partial charge >= 0.3 is 0 Å². The van der Waals surface area contributed by atoms with Gasteiger partial charge in [0.15, 0.2) is 0 Å². The summed E-state index contributed by atoms with van der Waals surface area (Å²) in [5.41, 5.74) is 1.87. The first-order valence-corrected chi connectivity index (χ1v) is 10.4. The Labute approximate surface area is 150 Å². The number of hydrogen-bond donors (Lipinski definition) is 0. The molecule has 1 saturated heterocycles.